The molecule has 0 amide bonds. The fraction of sp³-hybridized carbons (Fsp3) is 0.182. The van der Waals surface area contributed by atoms with Crippen LogP contribution in [0.4, 0.5) is 0 Å². The van der Waals surface area contributed by atoms with Crippen LogP contribution in [0.2, 0.25) is 0 Å². The lowest BCUT2D eigenvalue weighted by molar-refractivity contribution is 0.103. The van der Waals surface area contributed by atoms with Crippen LogP contribution in [-0.2, 0) is 35.9 Å². The van der Waals surface area contributed by atoms with E-state index in [1.54, 1.807) is 0 Å². The summed E-state index contributed by atoms with van der Waals surface area (Å²) in [7, 11) is 0. The molecule has 0 aliphatic rings. The first kappa shape index (κ1) is 16.4. The maximum Gasteiger partial charge on any atom is 0.0721 e. The quantitative estimate of drug-likeness (QED) is 0.574. The largest absolute Gasteiger partial charge is 0.372 e. The summed E-state index contributed by atoms with van der Waals surface area (Å²) in [5, 5.41) is 0. The minimum Gasteiger partial charge on any atom is -0.372 e. The third-order valence-electron chi connectivity index (χ3n) is 3.75. The lowest BCUT2D eigenvalue weighted by Gasteiger charge is -2.08. The summed E-state index contributed by atoms with van der Waals surface area (Å²) in [5.74, 6) is 0. The Labute approximate surface area is 143 Å². The van der Waals surface area contributed by atoms with Crippen LogP contribution in [-0.4, -0.2) is 0 Å². The van der Waals surface area contributed by atoms with Gasteiger partial charge in [0.05, 0.1) is 26.4 Å². The molecule has 122 valence electrons. The lowest BCUT2D eigenvalue weighted by Crippen LogP contribution is -1.97. The highest BCUT2D eigenvalue weighted by Crippen LogP contribution is 2.11. The van der Waals surface area contributed by atoms with Gasteiger partial charge in [-0.15, -0.1) is 0 Å². The van der Waals surface area contributed by atoms with Crippen LogP contribution < -0.4 is 0 Å². The smallest absolute Gasteiger partial charge is 0.0721 e. The number of ether oxygens (including phenoxy) is 2. The molecule has 24 heavy (non-hydrogen) atoms. The van der Waals surface area contributed by atoms with Crippen LogP contribution in [0.1, 0.15) is 22.3 Å². The zero-order valence-electron chi connectivity index (χ0n) is 13.7. The standard InChI is InChI=1S/C22H22O2/c1-3-8-19(9-4-1)15-23-17-21-12-7-13-22(14-21)18-24-16-20-10-5-2-6-11-20/h1-14H,15-18H2. The predicted molar refractivity (Wildman–Crippen MR) is 96.3 cm³/mol. The maximum atomic E-state index is 5.79. The summed E-state index contributed by atoms with van der Waals surface area (Å²) < 4.78 is 11.6. The molecule has 2 heteroatoms. The van der Waals surface area contributed by atoms with Crippen molar-refractivity contribution in [2.45, 2.75) is 26.4 Å². The summed E-state index contributed by atoms with van der Waals surface area (Å²) in [6.07, 6.45) is 0. The lowest BCUT2D eigenvalue weighted by atomic mass is 10.1. The summed E-state index contributed by atoms with van der Waals surface area (Å²) in [6.45, 7) is 2.49. The van der Waals surface area contributed by atoms with Gasteiger partial charge in [0, 0.05) is 0 Å². The molecule has 0 aromatic heterocycles. The summed E-state index contributed by atoms with van der Waals surface area (Å²) in [5.41, 5.74) is 4.73. The number of benzene rings is 3. The third-order valence-corrected chi connectivity index (χ3v) is 3.75. The van der Waals surface area contributed by atoms with Crippen molar-refractivity contribution < 1.29 is 9.47 Å². The summed E-state index contributed by atoms with van der Waals surface area (Å²) in [6, 6.07) is 28.9. The molecule has 0 heterocycles. The van der Waals surface area contributed by atoms with Gasteiger partial charge >= 0.3 is 0 Å². The van der Waals surface area contributed by atoms with Crippen molar-refractivity contribution in [1.82, 2.24) is 0 Å². The molecule has 0 saturated heterocycles. The van der Waals surface area contributed by atoms with E-state index in [9.17, 15) is 0 Å². The Kier molecular flexibility index (Phi) is 6.18. The van der Waals surface area contributed by atoms with Gasteiger partial charge in [0.2, 0.25) is 0 Å². The molecule has 0 unspecified atom stereocenters. The molecule has 3 aromatic rings. The van der Waals surface area contributed by atoms with Gasteiger partial charge in [-0.05, 0) is 22.3 Å². The van der Waals surface area contributed by atoms with E-state index in [1.165, 1.54) is 22.3 Å². The molecule has 0 atom stereocenters. The van der Waals surface area contributed by atoms with Crippen LogP contribution >= 0.6 is 0 Å². The van der Waals surface area contributed by atoms with Crippen LogP contribution in [0.15, 0.2) is 84.9 Å². The average Bonchev–Trinajstić information content (AvgIpc) is 2.64. The Balaban J connectivity index is 1.45. The van der Waals surface area contributed by atoms with Gasteiger partial charge in [-0.1, -0.05) is 84.9 Å². The first-order valence-electron chi connectivity index (χ1n) is 8.21. The fourth-order valence-corrected chi connectivity index (χ4v) is 2.53. The second kappa shape index (κ2) is 9.02. The van der Waals surface area contributed by atoms with Crippen molar-refractivity contribution in [3.8, 4) is 0 Å². The van der Waals surface area contributed by atoms with Gasteiger partial charge < -0.3 is 9.47 Å². The van der Waals surface area contributed by atoms with E-state index < -0.39 is 0 Å². The highest BCUT2D eigenvalue weighted by molar-refractivity contribution is 5.22. The van der Waals surface area contributed by atoms with E-state index in [0.29, 0.717) is 26.4 Å². The predicted octanol–water partition coefficient (Wildman–Crippen LogP) is 5.12. The summed E-state index contributed by atoms with van der Waals surface area (Å²) in [4.78, 5) is 0. The van der Waals surface area contributed by atoms with Crippen LogP contribution in [0, 0.1) is 0 Å². The molecule has 0 fully saturated rings. The normalized spacial score (nSPS) is 10.7. The van der Waals surface area contributed by atoms with Crippen LogP contribution in [0.5, 0.6) is 0 Å². The minimum atomic E-state index is 0.613. The van der Waals surface area contributed by atoms with E-state index in [0.717, 1.165) is 0 Å². The molecule has 0 saturated carbocycles. The zero-order valence-corrected chi connectivity index (χ0v) is 13.7. The van der Waals surface area contributed by atoms with Gasteiger partial charge in [-0.2, -0.15) is 0 Å². The second-order valence-electron chi connectivity index (χ2n) is 5.78. The van der Waals surface area contributed by atoms with E-state index in [1.807, 2.05) is 36.4 Å². The molecule has 0 spiro atoms. The second-order valence-corrected chi connectivity index (χ2v) is 5.78. The topological polar surface area (TPSA) is 18.5 Å². The van der Waals surface area contributed by atoms with Crippen molar-refractivity contribution in [2.75, 3.05) is 0 Å². The highest BCUT2D eigenvalue weighted by atomic mass is 16.5. The fourth-order valence-electron chi connectivity index (χ4n) is 2.53. The zero-order chi connectivity index (χ0) is 16.5. The van der Waals surface area contributed by atoms with E-state index in [-0.39, 0.29) is 0 Å². The van der Waals surface area contributed by atoms with Crippen molar-refractivity contribution in [2.24, 2.45) is 0 Å². The Morgan fingerprint density at radius 2 is 0.792 bits per heavy atom. The first-order valence-corrected chi connectivity index (χ1v) is 8.21. The van der Waals surface area contributed by atoms with Gasteiger partial charge in [-0.3, -0.25) is 0 Å². The van der Waals surface area contributed by atoms with Gasteiger partial charge in [-0.25, -0.2) is 0 Å². The highest BCUT2D eigenvalue weighted by Gasteiger charge is 1.99. The minimum absolute atomic E-state index is 0.613. The van der Waals surface area contributed by atoms with E-state index >= 15 is 0 Å². The molecule has 0 bridgehead atoms. The van der Waals surface area contributed by atoms with E-state index in [4.69, 9.17) is 9.47 Å². The van der Waals surface area contributed by atoms with Crippen LogP contribution in [0.25, 0.3) is 0 Å². The summed E-state index contributed by atoms with van der Waals surface area (Å²) >= 11 is 0. The van der Waals surface area contributed by atoms with Crippen molar-refractivity contribution >= 4 is 0 Å². The van der Waals surface area contributed by atoms with Crippen molar-refractivity contribution in [1.29, 1.82) is 0 Å². The third kappa shape index (κ3) is 5.34. The first-order chi connectivity index (χ1) is 11.9. The Hall–Kier alpha value is -2.42. The average molecular weight is 318 g/mol. The number of rotatable bonds is 8. The molecule has 2 nitrogen and oxygen atoms in total. The molecular formula is C22H22O2. The molecule has 0 N–H and O–H groups in total. The molecule has 3 rings (SSSR count). The number of hydrogen-bond donors (Lipinski definition) is 0. The van der Waals surface area contributed by atoms with Crippen molar-refractivity contribution in [3.05, 3.63) is 107 Å². The Morgan fingerprint density at radius 3 is 1.25 bits per heavy atom. The SMILES string of the molecule is c1ccc(COCc2cccc(COCc3ccccc3)c2)cc1. The maximum absolute atomic E-state index is 5.79. The Bertz CT molecular complexity index is 662. The van der Waals surface area contributed by atoms with Crippen LogP contribution in [0.3, 0.4) is 0 Å². The van der Waals surface area contributed by atoms with Gasteiger partial charge in [0.1, 0.15) is 0 Å². The molecule has 0 radical (unpaired) electrons. The Morgan fingerprint density at radius 1 is 0.417 bits per heavy atom. The van der Waals surface area contributed by atoms with E-state index in [2.05, 4.69) is 48.5 Å². The van der Waals surface area contributed by atoms with Gasteiger partial charge in [0.25, 0.3) is 0 Å². The number of hydrogen-bond acceptors (Lipinski definition) is 2. The van der Waals surface area contributed by atoms with Crippen molar-refractivity contribution in [3.63, 3.8) is 0 Å². The molecule has 3 aromatic carbocycles. The molecule has 0 aliphatic heterocycles. The molecule has 0 aliphatic carbocycles. The van der Waals surface area contributed by atoms with Gasteiger partial charge in [0.15, 0.2) is 0 Å². The monoisotopic (exact) mass is 318 g/mol. The molecular weight excluding hydrogens is 296 g/mol.